The summed E-state index contributed by atoms with van der Waals surface area (Å²) < 4.78 is 2.56. The molecule has 0 saturated heterocycles. The lowest BCUT2D eigenvalue weighted by Crippen LogP contribution is -2.61. The van der Waals surface area contributed by atoms with Crippen molar-refractivity contribution in [2.24, 2.45) is 0 Å². The molecule has 0 atom stereocenters. The molecule has 0 saturated carbocycles. The Morgan fingerprint density at radius 2 is 0.627 bits per heavy atom. The molecule has 11 aromatic carbocycles. The van der Waals surface area contributed by atoms with Crippen LogP contribution in [0.4, 0.5) is 34.1 Å². The van der Waals surface area contributed by atoms with Crippen LogP contribution in [0.5, 0.6) is 0 Å². The Morgan fingerprint density at radius 3 is 1.07 bits per heavy atom. The van der Waals surface area contributed by atoms with Crippen molar-refractivity contribution >= 4 is 79.0 Å². The Labute approximate surface area is 610 Å². The Morgan fingerprint density at radius 1 is 0.275 bits per heavy atom. The minimum atomic E-state index is -0.127. The molecule has 3 nitrogen and oxygen atoms in total. The average Bonchev–Trinajstić information content (AvgIpc) is 0.719. The summed E-state index contributed by atoms with van der Waals surface area (Å²) in [6.07, 6.45) is 4.74. The van der Waals surface area contributed by atoms with Crippen molar-refractivity contribution in [2.45, 2.75) is 207 Å². The zero-order valence-electron chi connectivity index (χ0n) is 64.5. The second-order valence-electron chi connectivity index (χ2n) is 37.7. The quantitative estimate of drug-likeness (QED) is 0.147. The minimum Gasteiger partial charge on any atom is -0.311 e. The first kappa shape index (κ1) is 67.4. The van der Waals surface area contributed by atoms with Crippen molar-refractivity contribution < 1.29 is 0 Å². The van der Waals surface area contributed by atoms with Gasteiger partial charge in [-0.2, -0.15) is 0 Å². The largest absolute Gasteiger partial charge is 0.311 e. The van der Waals surface area contributed by atoms with Crippen LogP contribution in [0, 0.1) is 0 Å². The Balaban J connectivity index is 0.963. The van der Waals surface area contributed by atoms with E-state index in [2.05, 4.69) is 371 Å². The van der Waals surface area contributed by atoms with Crippen molar-refractivity contribution in [3.63, 3.8) is 0 Å². The summed E-state index contributed by atoms with van der Waals surface area (Å²) in [5.74, 6) is 0. The molecule has 0 unspecified atom stereocenters. The van der Waals surface area contributed by atoms with Gasteiger partial charge in [0.15, 0.2) is 0 Å². The smallest absolute Gasteiger partial charge is 0.252 e. The molecule has 3 heterocycles. The van der Waals surface area contributed by atoms with Crippen molar-refractivity contribution in [1.82, 2.24) is 4.57 Å². The lowest BCUT2D eigenvalue weighted by molar-refractivity contribution is 0.332. The average molecular weight is 1330 g/mol. The van der Waals surface area contributed by atoms with E-state index < -0.39 is 0 Å². The van der Waals surface area contributed by atoms with Crippen LogP contribution in [0.25, 0.3) is 72.0 Å². The summed E-state index contributed by atoms with van der Waals surface area (Å²) in [7, 11) is 0. The van der Waals surface area contributed by atoms with E-state index in [0.29, 0.717) is 0 Å². The Kier molecular flexibility index (Phi) is 15.3. The predicted molar refractivity (Wildman–Crippen MR) is 442 cm³/mol. The fraction of sp³-hybridized carbons (Fsp3) is 0.327. The van der Waals surface area contributed by atoms with Crippen LogP contribution >= 0.6 is 0 Å². The molecule has 102 heavy (non-hydrogen) atoms. The van der Waals surface area contributed by atoms with Gasteiger partial charge < -0.3 is 14.4 Å². The summed E-state index contributed by atoms with van der Waals surface area (Å²) in [6, 6.07) is 86.9. The molecule has 2 aliphatic heterocycles. The number of hydrogen-bond acceptors (Lipinski definition) is 2. The third-order valence-electron chi connectivity index (χ3n) is 24.5. The van der Waals surface area contributed by atoms with Gasteiger partial charge in [0, 0.05) is 50.6 Å². The molecule has 12 aromatic rings. The lowest BCUT2D eigenvalue weighted by atomic mass is 9.33. The van der Waals surface area contributed by atoms with Crippen LogP contribution in [0.1, 0.15) is 209 Å². The molecule has 1 aromatic heterocycles. The maximum absolute atomic E-state index is 2.64. The zero-order valence-corrected chi connectivity index (χ0v) is 64.5. The van der Waals surface area contributed by atoms with Crippen molar-refractivity contribution in [3.05, 3.63) is 263 Å². The van der Waals surface area contributed by atoms with Gasteiger partial charge in [-0.05, 0) is 253 Å². The molecule has 0 amide bonds. The van der Waals surface area contributed by atoms with Crippen LogP contribution in [-0.4, -0.2) is 11.3 Å². The van der Waals surface area contributed by atoms with Gasteiger partial charge >= 0.3 is 0 Å². The maximum atomic E-state index is 2.64. The number of benzene rings is 11. The second-order valence-corrected chi connectivity index (χ2v) is 37.7. The molecular weight excluding hydrogens is 1230 g/mol. The molecule has 0 N–H and O–H groups in total. The SMILES string of the molecule is CC(C)(C)c1cc(-c2ccc3c(c2)N(c2ccc(-c4ccc5c(c4)C(C)(C)CCC5(C)C)cc2)c2cc(-c4ccccc4)cc4c2B3c2ccc(-n3c5ccc(C(C)(C)C)cc5c5cc(C(C)(C)C)ccc53)cc2N4c2ccc(-c3ccc4c(c3)C(C)(C)CCC4(C)C)cc2)cc(C(C)(C)C)c1. The first-order chi connectivity index (χ1) is 48.0. The Hall–Kier alpha value is -9.12. The van der Waals surface area contributed by atoms with Crippen LogP contribution in [0.15, 0.2) is 218 Å². The topological polar surface area (TPSA) is 11.4 Å². The highest BCUT2D eigenvalue weighted by atomic mass is 15.2. The first-order valence-corrected chi connectivity index (χ1v) is 37.9. The summed E-state index contributed by atoms with van der Waals surface area (Å²) in [5.41, 5.74) is 35.8. The minimum absolute atomic E-state index is 0.0243. The highest BCUT2D eigenvalue weighted by Crippen LogP contribution is 2.52. The molecule has 4 heteroatoms. The number of anilines is 6. The molecule has 0 spiro atoms. The third kappa shape index (κ3) is 11.3. The van der Waals surface area contributed by atoms with Crippen molar-refractivity contribution in [2.75, 3.05) is 9.80 Å². The van der Waals surface area contributed by atoms with Crippen LogP contribution < -0.4 is 26.2 Å². The highest BCUT2D eigenvalue weighted by Gasteiger charge is 2.45. The van der Waals surface area contributed by atoms with E-state index >= 15 is 0 Å². The normalized spacial score (nSPS) is 16.5. The molecule has 16 rings (SSSR count). The number of fused-ring (bicyclic) bond motifs is 9. The maximum Gasteiger partial charge on any atom is 0.252 e. The van der Waals surface area contributed by atoms with Crippen molar-refractivity contribution in [3.8, 4) is 50.2 Å². The van der Waals surface area contributed by atoms with Gasteiger partial charge in [-0.3, -0.25) is 0 Å². The van der Waals surface area contributed by atoms with Gasteiger partial charge in [0.25, 0.3) is 6.71 Å². The van der Waals surface area contributed by atoms with E-state index in [4.69, 9.17) is 0 Å². The third-order valence-corrected chi connectivity index (χ3v) is 24.5. The van der Waals surface area contributed by atoms with Gasteiger partial charge in [-0.25, -0.2) is 0 Å². The van der Waals surface area contributed by atoms with E-state index in [-0.39, 0.29) is 50.0 Å². The number of hydrogen-bond donors (Lipinski definition) is 0. The van der Waals surface area contributed by atoms with Gasteiger partial charge in [0.1, 0.15) is 0 Å². The summed E-state index contributed by atoms with van der Waals surface area (Å²) in [4.78, 5) is 5.27. The molecule has 514 valence electrons. The van der Waals surface area contributed by atoms with Gasteiger partial charge in [0.05, 0.1) is 11.0 Å². The van der Waals surface area contributed by atoms with E-state index in [1.807, 2.05) is 0 Å². The van der Waals surface area contributed by atoms with Crippen LogP contribution in [0.2, 0.25) is 0 Å². The molecular formula is C98H104BN3. The molecule has 0 radical (unpaired) electrons. The second kappa shape index (κ2) is 23.2. The lowest BCUT2D eigenvalue weighted by Gasteiger charge is -2.45. The summed E-state index contributed by atoms with van der Waals surface area (Å²) in [6.45, 7) is 47.5. The number of aromatic nitrogens is 1. The Bertz CT molecular complexity index is 5270. The summed E-state index contributed by atoms with van der Waals surface area (Å²) in [5, 5.41) is 2.57. The van der Waals surface area contributed by atoms with Gasteiger partial charge in [-0.15, -0.1) is 0 Å². The fourth-order valence-corrected chi connectivity index (χ4v) is 17.7. The monoisotopic (exact) mass is 1330 g/mol. The van der Waals surface area contributed by atoms with Crippen LogP contribution in [-0.2, 0) is 43.3 Å². The predicted octanol–water partition coefficient (Wildman–Crippen LogP) is 25.4. The van der Waals surface area contributed by atoms with Crippen LogP contribution in [0.3, 0.4) is 0 Å². The molecule has 4 aliphatic rings. The first-order valence-electron chi connectivity index (χ1n) is 37.9. The van der Waals surface area contributed by atoms with E-state index in [9.17, 15) is 0 Å². The number of nitrogens with zero attached hydrogens (tertiary/aromatic N) is 3. The fourth-order valence-electron chi connectivity index (χ4n) is 17.7. The highest BCUT2D eigenvalue weighted by molar-refractivity contribution is 7.00. The summed E-state index contributed by atoms with van der Waals surface area (Å²) >= 11 is 0. The van der Waals surface area contributed by atoms with E-state index in [1.165, 1.54) is 176 Å². The van der Waals surface area contributed by atoms with Crippen molar-refractivity contribution in [1.29, 1.82) is 0 Å². The number of rotatable bonds is 7. The van der Waals surface area contributed by atoms with E-state index in [0.717, 1.165) is 17.1 Å². The molecule has 2 aliphatic carbocycles. The van der Waals surface area contributed by atoms with E-state index in [1.54, 1.807) is 0 Å². The van der Waals surface area contributed by atoms with Gasteiger partial charge in [-0.1, -0.05) is 278 Å². The molecule has 0 bridgehead atoms. The zero-order chi connectivity index (χ0) is 71.9. The van der Waals surface area contributed by atoms with Gasteiger partial charge in [0.2, 0.25) is 0 Å². The molecule has 0 fully saturated rings. The standard InChI is InChI=1S/C98H104BN3/c1-91(2,3)69-33-44-84-76(58-69)77-59-70(92(4,5)6)34-45-85(77)102(84)75-39-43-83-87(60-75)101(74-37-28-63(29-38-74)65-31-41-79-81(53-65)98(19,20)49-47-96(79,15)16)89-56-68(61-24-22-21-23-25-61)55-88-90(89)99(83)82-42-32-66(67-50-71(93(7,8)9)57-72(51-67)94(10,11)12)54-86(82)100(88)73-35-26-62(27-36-73)64-30-40-78-80(52-64)97(17,18)48-46-95(78,13)14/h21-45,50-60H,46-49H2,1-20H3.